The summed E-state index contributed by atoms with van der Waals surface area (Å²) in [5, 5.41) is 2.22. The molecule has 2 aromatic rings. The standard InChI is InChI=1S/C12H10FNOS/c1-7-3-4-9(5-10(7)13)11-6-16-12(14-11)8(2)15/h3-6H,1-2H3. The van der Waals surface area contributed by atoms with Gasteiger partial charge < -0.3 is 0 Å². The Labute approximate surface area is 96.8 Å². The number of halogens is 1. The van der Waals surface area contributed by atoms with Gasteiger partial charge in [0.25, 0.3) is 0 Å². The van der Waals surface area contributed by atoms with Crippen LogP contribution in [0.1, 0.15) is 22.3 Å². The second kappa shape index (κ2) is 4.14. The molecule has 2 nitrogen and oxygen atoms in total. The van der Waals surface area contributed by atoms with Crippen molar-refractivity contribution < 1.29 is 9.18 Å². The fourth-order valence-corrected chi connectivity index (χ4v) is 2.05. The molecular formula is C12H10FNOS. The number of hydrogen-bond acceptors (Lipinski definition) is 3. The van der Waals surface area contributed by atoms with Crippen molar-refractivity contribution >= 4 is 17.1 Å². The van der Waals surface area contributed by atoms with Crippen LogP contribution < -0.4 is 0 Å². The summed E-state index contributed by atoms with van der Waals surface area (Å²) < 4.78 is 13.3. The molecule has 2 rings (SSSR count). The summed E-state index contributed by atoms with van der Waals surface area (Å²) in [7, 11) is 0. The zero-order valence-corrected chi connectivity index (χ0v) is 9.77. The summed E-state index contributed by atoms with van der Waals surface area (Å²) in [6.07, 6.45) is 0. The highest BCUT2D eigenvalue weighted by Crippen LogP contribution is 2.23. The first-order valence-electron chi connectivity index (χ1n) is 4.81. The minimum Gasteiger partial charge on any atom is -0.292 e. The summed E-state index contributed by atoms with van der Waals surface area (Å²) in [5.41, 5.74) is 1.95. The third kappa shape index (κ3) is 2.02. The molecule has 4 heteroatoms. The summed E-state index contributed by atoms with van der Waals surface area (Å²) in [5.74, 6) is -0.321. The molecule has 0 aliphatic rings. The number of hydrogen-bond donors (Lipinski definition) is 0. The highest BCUT2D eigenvalue weighted by Gasteiger charge is 2.09. The van der Waals surface area contributed by atoms with Crippen LogP contribution in [0.2, 0.25) is 0 Å². The van der Waals surface area contributed by atoms with Crippen LogP contribution in [0.4, 0.5) is 4.39 Å². The number of aromatic nitrogens is 1. The highest BCUT2D eigenvalue weighted by molar-refractivity contribution is 7.12. The predicted molar refractivity (Wildman–Crippen MR) is 62.2 cm³/mol. The topological polar surface area (TPSA) is 30.0 Å². The maximum absolute atomic E-state index is 13.3. The van der Waals surface area contributed by atoms with Crippen molar-refractivity contribution in [2.24, 2.45) is 0 Å². The SMILES string of the molecule is CC(=O)c1nc(-c2ccc(C)c(F)c2)cs1. The number of rotatable bonds is 2. The van der Waals surface area contributed by atoms with Crippen molar-refractivity contribution in [3.05, 3.63) is 40.0 Å². The molecule has 0 atom stereocenters. The molecule has 0 spiro atoms. The van der Waals surface area contributed by atoms with Gasteiger partial charge in [-0.05, 0) is 18.6 Å². The van der Waals surface area contributed by atoms with Crippen LogP contribution in [-0.2, 0) is 0 Å². The van der Waals surface area contributed by atoms with E-state index in [1.165, 1.54) is 24.3 Å². The molecule has 16 heavy (non-hydrogen) atoms. The zero-order chi connectivity index (χ0) is 11.7. The third-order valence-electron chi connectivity index (χ3n) is 2.27. The number of carbonyl (C=O) groups is 1. The fourth-order valence-electron chi connectivity index (χ4n) is 1.32. The van der Waals surface area contributed by atoms with Gasteiger partial charge >= 0.3 is 0 Å². The van der Waals surface area contributed by atoms with E-state index >= 15 is 0 Å². The van der Waals surface area contributed by atoms with Crippen LogP contribution in [0.3, 0.4) is 0 Å². The second-order valence-corrected chi connectivity index (χ2v) is 4.42. The van der Waals surface area contributed by atoms with E-state index in [2.05, 4.69) is 4.98 Å². The summed E-state index contributed by atoms with van der Waals surface area (Å²) in [6.45, 7) is 3.18. The molecule has 82 valence electrons. The Kier molecular flexibility index (Phi) is 2.83. The Balaban J connectivity index is 2.42. The maximum atomic E-state index is 13.3. The van der Waals surface area contributed by atoms with Gasteiger partial charge in [0.15, 0.2) is 10.8 Å². The molecule has 0 saturated heterocycles. The molecule has 0 aliphatic carbocycles. The highest BCUT2D eigenvalue weighted by atomic mass is 32.1. The van der Waals surface area contributed by atoms with Crippen molar-refractivity contribution in [2.45, 2.75) is 13.8 Å². The number of benzene rings is 1. The van der Waals surface area contributed by atoms with Crippen LogP contribution in [-0.4, -0.2) is 10.8 Å². The van der Waals surface area contributed by atoms with E-state index in [4.69, 9.17) is 0 Å². The molecule has 0 amide bonds. The predicted octanol–water partition coefficient (Wildman–Crippen LogP) is 3.46. The van der Waals surface area contributed by atoms with Crippen LogP contribution >= 0.6 is 11.3 Å². The van der Waals surface area contributed by atoms with E-state index in [0.717, 1.165) is 0 Å². The lowest BCUT2D eigenvalue weighted by Gasteiger charge is -1.99. The lowest BCUT2D eigenvalue weighted by Crippen LogP contribution is -1.90. The quantitative estimate of drug-likeness (QED) is 0.746. The molecule has 1 aromatic carbocycles. The molecule has 0 unspecified atom stereocenters. The summed E-state index contributed by atoms with van der Waals surface area (Å²) in [6, 6.07) is 4.95. The van der Waals surface area contributed by atoms with E-state index in [0.29, 0.717) is 21.8 Å². The average molecular weight is 235 g/mol. The zero-order valence-electron chi connectivity index (χ0n) is 8.95. The van der Waals surface area contributed by atoms with E-state index < -0.39 is 0 Å². The first kappa shape index (κ1) is 11.0. The second-order valence-electron chi connectivity index (χ2n) is 3.56. The van der Waals surface area contributed by atoms with Gasteiger partial charge in [0.1, 0.15) is 5.82 Å². The molecule has 0 radical (unpaired) electrons. The third-order valence-corrected chi connectivity index (χ3v) is 3.22. The van der Waals surface area contributed by atoms with Crippen molar-refractivity contribution in [3.8, 4) is 11.3 Å². The molecular weight excluding hydrogens is 225 g/mol. The summed E-state index contributed by atoms with van der Waals surface area (Å²) >= 11 is 1.28. The summed E-state index contributed by atoms with van der Waals surface area (Å²) in [4.78, 5) is 15.2. The van der Waals surface area contributed by atoms with E-state index in [-0.39, 0.29) is 11.6 Å². The lowest BCUT2D eigenvalue weighted by atomic mass is 10.1. The van der Waals surface area contributed by atoms with Gasteiger partial charge in [0.2, 0.25) is 0 Å². The normalized spacial score (nSPS) is 10.4. The van der Waals surface area contributed by atoms with Gasteiger partial charge in [-0.25, -0.2) is 9.37 Å². The van der Waals surface area contributed by atoms with Crippen molar-refractivity contribution in [2.75, 3.05) is 0 Å². The van der Waals surface area contributed by atoms with Crippen LogP contribution in [0.25, 0.3) is 11.3 Å². The number of carbonyl (C=O) groups excluding carboxylic acids is 1. The van der Waals surface area contributed by atoms with E-state index in [9.17, 15) is 9.18 Å². The Morgan fingerprint density at radius 3 is 2.75 bits per heavy atom. The van der Waals surface area contributed by atoms with Gasteiger partial charge in [-0.3, -0.25) is 4.79 Å². The van der Waals surface area contributed by atoms with Gasteiger partial charge in [-0.1, -0.05) is 12.1 Å². The average Bonchev–Trinajstić information content (AvgIpc) is 2.71. The van der Waals surface area contributed by atoms with Gasteiger partial charge in [0, 0.05) is 17.9 Å². The van der Waals surface area contributed by atoms with Crippen molar-refractivity contribution in [1.82, 2.24) is 4.98 Å². The Bertz CT molecular complexity index is 548. The number of aryl methyl sites for hydroxylation is 1. The minimum atomic E-state index is -0.255. The van der Waals surface area contributed by atoms with Crippen LogP contribution in [0.5, 0.6) is 0 Å². The first-order chi connectivity index (χ1) is 7.58. The Hall–Kier alpha value is -1.55. The lowest BCUT2D eigenvalue weighted by molar-refractivity contribution is 0.101. The molecule has 0 fully saturated rings. The molecule has 0 N–H and O–H groups in total. The maximum Gasteiger partial charge on any atom is 0.188 e. The fraction of sp³-hybridized carbons (Fsp3) is 0.167. The first-order valence-corrected chi connectivity index (χ1v) is 5.69. The smallest absolute Gasteiger partial charge is 0.188 e. The number of ketones is 1. The molecule has 0 saturated carbocycles. The minimum absolute atomic E-state index is 0.0659. The number of thiazole rings is 1. The van der Waals surface area contributed by atoms with Gasteiger partial charge in [-0.15, -0.1) is 11.3 Å². The number of nitrogens with zero attached hydrogens (tertiary/aromatic N) is 1. The van der Waals surface area contributed by atoms with Crippen molar-refractivity contribution in [1.29, 1.82) is 0 Å². The van der Waals surface area contributed by atoms with Crippen LogP contribution in [0, 0.1) is 12.7 Å². The van der Waals surface area contributed by atoms with Crippen LogP contribution in [0.15, 0.2) is 23.6 Å². The Morgan fingerprint density at radius 1 is 1.44 bits per heavy atom. The van der Waals surface area contributed by atoms with Gasteiger partial charge in [0.05, 0.1) is 5.69 Å². The van der Waals surface area contributed by atoms with E-state index in [1.807, 2.05) is 0 Å². The molecule has 1 aromatic heterocycles. The van der Waals surface area contributed by atoms with E-state index in [1.54, 1.807) is 24.4 Å². The monoisotopic (exact) mass is 235 g/mol. The Morgan fingerprint density at radius 2 is 2.19 bits per heavy atom. The molecule has 0 bridgehead atoms. The molecule has 0 aliphatic heterocycles. The largest absolute Gasteiger partial charge is 0.292 e. The van der Waals surface area contributed by atoms with Gasteiger partial charge in [-0.2, -0.15) is 0 Å². The van der Waals surface area contributed by atoms with Crippen molar-refractivity contribution in [3.63, 3.8) is 0 Å². The number of Topliss-reactive ketones (excluding diaryl/α,β-unsaturated/α-hetero) is 1. The molecule has 1 heterocycles.